The van der Waals surface area contributed by atoms with Crippen LogP contribution < -0.4 is 0 Å². The summed E-state index contributed by atoms with van der Waals surface area (Å²) in [5.74, 6) is 0. The smallest absolute Gasteiger partial charge is 0.416 e. The predicted octanol–water partition coefficient (Wildman–Crippen LogP) is 10.6. The summed E-state index contributed by atoms with van der Waals surface area (Å²) < 4.78 is 40.6. The first-order chi connectivity index (χ1) is 18.3. The monoisotopic (exact) mass is 668 g/mol. The molecule has 0 aliphatic rings. The van der Waals surface area contributed by atoms with E-state index < -0.39 is 42.6 Å². The lowest BCUT2D eigenvalue weighted by atomic mass is 10.2. The number of rotatable bonds is 19. The quantitative estimate of drug-likeness (QED) is 0.101. The van der Waals surface area contributed by atoms with Crippen molar-refractivity contribution in [2.45, 2.75) is 175 Å². The van der Waals surface area contributed by atoms with Crippen molar-refractivity contribution in [1.82, 2.24) is 0 Å². The molecule has 0 N–H and O–H groups in total. The summed E-state index contributed by atoms with van der Waals surface area (Å²) in [4.78, 5) is 0. The third-order valence-corrected chi connectivity index (χ3v) is 34.3. The molecule has 0 aromatic rings. The minimum Gasteiger partial charge on any atom is -0.416 e. The molecule has 0 aliphatic carbocycles. The van der Waals surface area contributed by atoms with Crippen LogP contribution in [0.15, 0.2) is 0 Å². The lowest BCUT2D eigenvalue weighted by molar-refractivity contribution is 0.0706. The largest absolute Gasteiger partial charge is 0.500 e. The first-order valence-electron chi connectivity index (χ1n) is 16.3. The Bertz CT molecular complexity index is 668. The molecule has 0 aliphatic heterocycles. The van der Waals surface area contributed by atoms with Crippen LogP contribution in [0.5, 0.6) is 0 Å². The van der Waals surface area contributed by atoms with Crippen LogP contribution in [0.4, 0.5) is 0 Å². The lowest BCUT2D eigenvalue weighted by Gasteiger charge is -2.52. The van der Waals surface area contributed by atoms with Gasteiger partial charge in [-0.1, -0.05) is 75.2 Å². The van der Waals surface area contributed by atoms with Gasteiger partial charge in [0.2, 0.25) is 0 Å². The van der Waals surface area contributed by atoms with E-state index in [4.69, 9.17) is 25.6 Å². The van der Waals surface area contributed by atoms with E-state index in [1.165, 1.54) is 0 Å². The summed E-state index contributed by atoms with van der Waals surface area (Å²) in [6.45, 7) is 43.0. The third kappa shape index (κ3) is 13.0. The van der Waals surface area contributed by atoms with E-state index in [0.717, 1.165) is 37.8 Å². The Morgan fingerprint density at radius 2 is 0.634 bits per heavy atom. The van der Waals surface area contributed by atoms with Gasteiger partial charge >= 0.3 is 17.6 Å². The molecule has 6 nitrogen and oxygen atoms in total. The van der Waals surface area contributed by atoms with E-state index in [0.29, 0.717) is 19.8 Å². The highest BCUT2D eigenvalue weighted by molar-refractivity contribution is 6.92. The maximum atomic E-state index is 7.46. The topological polar surface area (TPSA) is 55.4 Å². The fourth-order valence-electron chi connectivity index (χ4n) is 3.88. The molecule has 11 heteroatoms. The molecule has 0 fully saturated rings. The minimum atomic E-state index is -3.05. The molecule has 0 saturated heterocycles. The van der Waals surface area contributed by atoms with E-state index in [2.05, 4.69) is 102 Å². The molecule has 41 heavy (non-hydrogen) atoms. The standard InChI is InChI=1S/C30H72O6Si5/c1-19-31-40(32-20-2,33-21-3)26-24-22-23-25-27-41(34-37(13,14)28(4,5)6,35-38(15,16)29(7,8)9)36-39(17,18)30(10,11)12/h19-27H2,1-18H3. The Balaban J connectivity index is 6.20. The van der Waals surface area contributed by atoms with Crippen LogP contribution in [-0.4, -0.2) is 62.4 Å². The molecule has 0 aromatic heterocycles. The molecular formula is C30H72O6Si5. The zero-order valence-corrected chi connectivity index (χ0v) is 35.8. The SMILES string of the molecule is CCO[Si](CCCCCC[Si](O[Si](C)(C)C(C)(C)C)(O[Si](C)(C)C(C)(C)C)O[Si](C)(C)C(C)(C)C)(OCC)OCC. The summed E-state index contributed by atoms with van der Waals surface area (Å²) in [5.41, 5.74) is 0. The second-order valence-corrected chi connectivity index (χ2v) is 36.8. The van der Waals surface area contributed by atoms with Crippen LogP contribution in [-0.2, 0) is 25.6 Å². The van der Waals surface area contributed by atoms with E-state index in [1.54, 1.807) is 0 Å². The highest BCUT2D eigenvalue weighted by Gasteiger charge is 2.58. The Labute approximate surface area is 262 Å². The zero-order valence-electron chi connectivity index (χ0n) is 30.8. The fourth-order valence-corrected chi connectivity index (χ4v) is 23.1. The first-order valence-corrected chi connectivity index (χ1v) is 28.9. The molecule has 0 bridgehead atoms. The van der Waals surface area contributed by atoms with Crippen molar-refractivity contribution >= 4 is 42.6 Å². The molecular weight excluding hydrogens is 597 g/mol. The maximum absolute atomic E-state index is 7.46. The predicted molar refractivity (Wildman–Crippen MR) is 189 cm³/mol. The van der Waals surface area contributed by atoms with Gasteiger partial charge in [0.15, 0.2) is 25.0 Å². The molecule has 0 unspecified atom stereocenters. The van der Waals surface area contributed by atoms with Gasteiger partial charge in [0.1, 0.15) is 0 Å². The molecule has 0 heterocycles. The molecule has 0 amide bonds. The Morgan fingerprint density at radius 3 is 0.854 bits per heavy atom. The van der Waals surface area contributed by atoms with Gasteiger partial charge in [-0.15, -0.1) is 0 Å². The van der Waals surface area contributed by atoms with Crippen molar-refractivity contribution in [2.75, 3.05) is 19.8 Å². The van der Waals surface area contributed by atoms with Crippen LogP contribution in [0.25, 0.3) is 0 Å². The van der Waals surface area contributed by atoms with Gasteiger partial charge in [-0.25, -0.2) is 0 Å². The molecule has 0 radical (unpaired) electrons. The van der Waals surface area contributed by atoms with Crippen LogP contribution in [0, 0.1) is 0 Å². The average molecular weight is 669 g/mol. The van der Waals surface area contributed by atoms with Crippen LogP contribution in [0.2, 0.25) is 66.5 Å². The summed E-state index contributed by atoms with van der Waals surface area (Å²) in [6.07, 6.45) is 4.28. The third-order valence-electron chi connectivity index (χ3n) is 9.46. The highest BCUT2D eigenvalue weighted by atomic mass is 28.5. The first kappa shape index (κ1) is 41.8. The summed E-state index contributed by atoms with van der Waals surface area (Å²) in [5, 5.41) is 0.222. The highest BCUT2D eigenvalue weighted by Crippen LogP contribution is 2.47. The normalized spacial score (nSPS) is 15.1. The molecule has 0 saturated carbocycles. The average Bonchev–Trinajstić information content (AvgIpc) is 2.73. The summed E-state index contributed by atoms with van der Waals surface area (Å²) in [6, 6.07) is 1.75. The molecule has 0 rings (SSSR count). The summed E-state index contributed by atoms with van der Waals surface area (Å²) in [7, 11) is -12.2. The van der Waals surface area contributed by atoms with Crippen molar-refractivity contribution in [1.29, 1.82) is 0 Å². The van der Waals surface area contributed by atoms with Crippen LogP contribution in [0.3, 0.4) is 0 Å². The zero-order chi connectivity index (χ0) is 32.6. The van der Waals surface area contributed by atoms with Gasteiger partial charge in [-0.05, 0) is 88.0 Å². The van der Waals surface area contributed by atoms with Gasteiger partial charge < -0.3 is 25.6 Å². The maximum Gasteiger partial charge on any atom is 0.500 e. The van der Waals surface area contributed by atoms with Crippen molar-refractivity contribution in [3.63, 3.8) is 0 Å². The van der Waals surface area contributed by atoms with Crippen molar-refractivity contribution in [3.05, 3.63) is 0 Å². The van der Waals surface area contributed by atoms with Crippen molar-refractivity contribution in [3.8, 4) is 0 Å². The van der Waals surface area contributed by atoms with Crippen molar-refractivity contribution < 1.29 is 25.6 Å². The van der Waals surface area contributed by atoms with Gasteiger partial charge in [0.05, 0.1) is 0 Å². The van der Waals surface area contributed by atoms with Crippen molar-refractivity contribution in [2.24, 2.45) is 0 Å². The van der Waals surface area contributed by atoms with Gasteiger partial charge in [0.25, 0.3) is 0 Å². The Kier molecular flexibility index (Phi) is 16.2. The number of hydrogen-bond acceptors (Lipinski definition) is 6. The molecule has 0 atom stereocenters. The fraction of sp³-hybridized carbons (Fsp3) is 1.00. The van der Waals surface area contributed by atoms with E-state index in [1.807, 2.05) is 20.8 Å². The Morgan fingerprint density at radius 1 is 0.390 bits per heavy atom. The number of unbranched alkanes of at least 4 members (excludes halogenated alkanes) is 3. The molecule has 0 aromatic carbocycles. The number of hydrogen-bond donors (Lipinski definition) is 0. The second kappa shape index (κ2) is 15.9. The lowest BCUT2D eigenvalue weighted by Crippen LogP contribution is -2.65. The van der Waals surface area contributed by atoms with Gasteiger partial charge in [0, 0.05) is 31.9 Å². The molecule has 248 valence electrons. The summed E-state index contributed by atoms with van der Waals surface area (Å²) >= 11 is 0. The van der Waals surface area contributed by atoms with Gasteiger partial charge in [-0.2, -0.15) is 0 Å². The van der Waals surface area contributed by atoms with E-state index in [9.17, 15) is 0 Å². The second-order valence-electron chi connectivity index (χ2n) is 16.2. The van der Waals surface area contributed by atoms with Gasteiger partial charge in [-0.3, -0.25) is 0 Å². The van der Waals surface area contributed by atoms with Crippen LogP contribution >= 0.6 is 0 Å². The van der Waals surface area contributed by atoms with E-state index in [-0.39, 0.29) is 15.1 Å². The van der Waals surface area contributed by atoms with Crippen LogP contribution in [0.1, 0.15) is 109 Å². The molecule has 0 spiro atoms. The minimum absolute atomic E-state index is 0.0740. The van der Waals surface area contributed by atoms with E-state index >= 15 is 0 Å². The Hall–Kier alpha value is 0.844.